The summed E-state index contributed by atoms with van der Waals surface area (Å²) in [6.45, 7) is 9.26. The number of hydrogen-bond acceptors (Lipinski definition) is 4. The number of anilines is 1. The Hall–Kier alpha value is -1.57. The second kappa shape index (κ2) is 5.81. The van der Waals surface area contributed by atoms with Gasteiger partial charge in [0.2, 0.25) is 0 Å². The van der Waals surface area contributed by atoms with Crippen molar-refractivity contribution in [2.75, 3.05) is 18.5 Å². The van der Waals surface area contributed by atoms with E-state index in [1.165, 1.54) is 0 Å². The smallest absolute Gasteiger partial charge is 0.399 e. The van der Waals surface area contributed by atoms with E-state index in [2.05, 4.69) is 10.6 Å². The van der Waals surface area contributed by atoms with E-state index < -0.39 is 7.12 Å². The molecule has 0 spiro atoms. The monoisotopic (exact) mass is 318 g/mol. The summed E-state index contributed by atoms with van der Waals surface area (Å²) < 4.78 is 17.0. The lowest BCUT2D eigenvalue weighted by Crippen LogP contribution is -2.50. The van der Waals surface area contributed by atoms with Crippen LogP contribution in [-0.4, -0.2) is 43.6 Å². The van der Waals surface area contributed by atoms with E-state index in [1.807, 2.05) is 52.0 Å². The van der Waals surface area contributed by atoms with Gasteiger partial charge in [0.25, 0.3) is 0 Å². The van der Waals surface area contributed by atoms with Gasteiger partial charge in [-0.05, 0) is 45.3 Å². The Bertz CT molecular complexity index is 568. The van der Waals surface area contributed by atoms with E-state index >= 15 is 0 Å². The van der Waals surface area contributed by atoms with Crippen LogP contribution in [0.5, 0.6) is 0 Å². The van der Waals surface area contributed by atoms with Crippen molar-refractivity contribution in [2.45, 2.75) is 44.9 Å². The van der Waals surface area contributed by atoms with Crippen LogP contribution in [0, 0.1) is 0 Å². The summed E-state index contributed by atoms with van der Waals surface area (Å²) in [6.07, 6.45) is 0. The summed E-state index contributed by atoms with van der Waals surface area (Å²) in [5, 5.41) is 5.64. The lowest BCUT2D eigenvalue weighted by atomic mass is 9.79. The number of carbonyl (C=O) groups is 1. The first-order chi connectivity index (χ1) is 10.8. The molecule has 2 heterocycles. The predicted molar refractivity (Wildman–Crippen MR) is 88.9 cm³/mol. The number of benzene rings is 1. The summed E-state index contributed by atoms with van der Waals surface area (Å²) in [6, 6.07) is 7.39. The zero-order valence-corrected chi connectivity index (χ0v) is 14.0. The van der Waals surface area contributed by atoms with Crippen LogP contribution in [0.3, 0.4) is 0 Å². The van der Waals surface area contributed by atoms with Gasteiger partial charge in [-0.25, -0.2) is 4.79 Å². The van der Waals surface area contributed by atoms with E-state index in [1.54, 1.807) is 0 Å². The van der Waals surface area contributed by atoms with Crippen LogP contribution < -0.4 is 16.1 Å². The predicted octanol–water partition coefficient (Wildman–Crippen LogP) is 1.51. The SMILES string of the molecule is CC1(C)OB(c2ccc(NC(=O)NC3COC3)cc2)OC1(C)C. The molecule has 1 aromatic rings. The molecule has 2 aliphatic rings. The van der Waals surface area contributed by atoms with E-state index in [-0.39, 0.29) is 23.3 Å². The first-order valence-corrected chi connectivity index (χ1v) is 7.88. The summed E-state index contributed by atoms with van der Waals surface area (Å²) in [4.78, 5) is 11.8. The number of carbonyl (C=O) groups excluding carboxylic acids is 1. The quantitative estimate of drug-likeness (QED) is 0.829. The first kappa shape index (κ1) is 16.3. The highest BCUT2D eigenvalue weighted by Crippen LogP contribution is 2.36. The lowest BCUT2D eigenvalue weighted by Gasteiger charge is -2.32. The van der Waals surface area contributed by atoms with Gasteiger partial charge in [-0.1, -0.05) is 12.1 Å². The second-order valence-corrected chi connectivity index (χ2v) is 7.04. The number of hydrogen-bond donors (Lipinski definition) is 2. The van der Waals surface area contributed by atoms with Crippen molar-refractivity contribution in [3.63, 3.8) is 0 Å². The van der Waals surface area contributed by atoms with E-state index in [4.69, 9.17) is 14.0 Å². The van der Waals surface area contributed by atoms with Gasteiger partial charge in [-0.15, -0.1) is 0 Å². The van der Waals surface area contributed by atoms with E-state index in [0.29, 0.717) is 13.2 Å². The van der Waals surface area contributed by atoms with E-state index in [9.17, 15) is 4.79 Å². The molecular weight excluding hydrogens is 295 g/mol. The molecule has 2 saturated heterocycles. The summed E-state index contributed by atoms with van der Waals surface area (Å²) in [5.41, 5.74) is 0.934. The molecule has 23 heavy (non-hydrogen) atoms. The molecule has 2 amide bonds. The van der Waals surface area contributed by atoms with Gasteiger partial charge >= 0.3 is 13.1 Å². The highest BCUT2D eigenvalue weighted by atomic mass is 16.7. The topological polar surface area (TPSA) is 68.8 Å². The fourth-order valence-electron chi connectivity index (χ4n) is 2.37. The van der Waals surface area contributed by atoms with Crippen molar-refractivity contribution in [2.24, 2.45) is 0 Å². The van der Waals surface area contributed by atoms with Crippen LogP contribution >= 0.6 is 0 Å². The molecule has 2 aliphatic heterocycles. The van der Waals surface area contributed by atoms with Crippen LogP contribution in [0.25, 0.3) is 0 Å². The molecule has 0 saturated carbocycles. The first-order valence-electron chi connectivity index (χ1n) is 7.88. The number of rotatable bonds is 3. The molecule has 124 valence electrons. The van der Waals surface area contributed by atoms with Crippen LogP contribution in [-0.2, 0) is 14.0 Å². The second-order valence-electron chi connectivity index (χ2n) is 7.04. The highest BCUT2D eigenvalue weighted by molar-refractivity contribution is 6.62. The number of ether oxygens (including phenoxy) is 1. The largest absolute Gasteiger partial charge is 0.494 e. The fraction of sp³-hybridized carbons (Fsp3) is 0.562. The molecule has 3 rings (SSSR count). The average molecular weight is 318 g/mol. The van der Waals surface area contributed by atoms with Gasteiger partial charge in [0.1, 0.15) is 0 Å². The third kappa shape index (κ3) is 3.36. The standard InChI is InChI=1S/C16H23BN2O4/c1-15(2)16(3,4)23-17(22-15)11-5-7-12(8-6-11)18-14(20)19-13-9-21-10-13/h5-8,13H,9-10H2,1-4H3,(H2,18,19,20). The lowest BCUT2D eigenvalue weighted by molar-refractivity contribution is 0.000735. The maximum absolute atomic E-state index is 11.8. The van der Waals surface area contributed by atoms with Crippen molar-refractivity contribution < 1.29 is 18.8 Å². The molecule has 2 N–H and O–H groups in total. The molecule has 0 bridgehead atoms. The normalized spacial score (nSPS) is 22.5. The average Bonchev–Trinajstić information content (AvgIpc) is 2.64. The Morgan fingerprint density at radius 2 is 1.65 bits per heavy atom. The molecule has 0 aromatic heterocycles. The van der Waals surface area contributed by atoms with Gasteiger partial charge in [-0.2, -0.15) is 0 Å². The maximum atomic E-state index is 11.8. The number of urea groups is 1. The Kier molecular flexibility index (Phi) is 4.12. The minimum Gasteiger partial charge on any atom is -0.399 e. The van der Waals surface area contributed by atoms with Crippen LogP contribution in [0.4, 0.5) is 10.5 Å². The Morgan fingerprint density at radius 3 is 2.13 bits per heavy atom. The van der Waals surface area contributed by atoms with Gasteiger partial charge in [-0.3, -0.25) is 0 Å². The molecule has 7 heteroatoms. The third-order valence-electron chi connectivity index (χ3n) is 4.67. The molecule has 0 atom stereocenters. The molecular formula is C16H23BN2O4. The summed E-state index contributed by atoms with van der Waals surface area (Å²) in [5.74, 6) is 0. The van der Waals surface area contributed by atoms with Crippen LogP contribution in [0.2, 0.25) is 0 Å². The van der Waals surface area contributed by atoms with Gasteiger partial charge in [0.15, 0.2) is 0 Å². The van der Waals surface area contributed by atoms with Gasteiger partial charge < -0.3 is 24.7 Å². The zero-order valence-electron chi connectivity index (χ0n) is 14.0. The number of amides is 2. The number of nitrogens with one attached hydrogen (secondary N) is 2. The zero-order chi connectivity index (χ0) is 16.7. The van der Waals surface area contributed by atoms with Crippen LogP contribution in [0.1, 0.15) is 27.7 Å². The van der Waals surface area contributed by atoms with Gasteiger partial charge in [0, 0.05) is 5.69 Å². The highest BCUT2D eigenvalue weighted by Gasteiger charge is 2.51. The van der Waals surface area contributed by atoms with Crippen molar-refractivity contribution in [3.05, 3.63) is 24.3 Å². The van der Waals surface area contributed by atoms with E-state index in [0.717, 1.165) is 11.2 Å². The Balaban J connectivity index is 1.60. The minimum atomic E-state index is -0.394. The van der Waals surface area contributed by atoms with Crippen molar-refractivity contribution in [1.82, 2.24) is 5.32 Å². The van der Waals surface area contributed by atoms with Crippen molar-refractivity contribution in [1.29, 1.82) is 0 Å². The maximum Gasteiger partial charge on any atom is 0.494 e. The molecule has 1 aromatic carbocycles. The molecule has 0 radical (unpaired) electrons. The van der Waals surface area contributed by atoms with Gasteiger partial charge in [0.05, 0.1) is 30.5 Å². The van der Waals surface area contributed by atoms with Crippen LogP contribution in [0.15, 0.2) is 24.3 Å². The molecule has 0 aliphatic carbocycles. The van der Waals surface area contributed by atoms with Crippen molar-refractivity contribution >= 4 is 24.3 Å². The van der Waals surface area contributed by atoms with Crippen molar-refractivity contribution in [3.8, 4) is 0 Å². The summed E-state index contributed by atoms with van der Waals surface area (Å²) in [7, 11) is -0.394. The summed E-state index contributed by atoms with van der Waals surface area (Å²) >= 11 is 0. The molecule has 0 unspecified atom stereocenters. The molecule has 6 nitrogen and oxygen atoms in total. The minimum absolute atomic E-state index is 0.110. The fourth-order valence-corrected chi connectivity index (χ4v) is 2.37. The Morgan fingerprint density at radius 1 is 1.09 bits per heavy atom. The Labute approximate surface area is 137 Å². The molecule has 2 fully saturated rings. The third-order valence-corrected chi connectivity index (χ3v) is 4.67.